The second-order valence-electron chi connectivity index (χ2n) is 4.83. The molecule has 0 aliphatic heterocycles. The van der Waals surface area contributed by atoms with Gasteiger partial charge in [-0.3, -0.25) is 0 Å². The van der Waals surface area contributed by atoms with Crippen molar-refractivity contribution in [3.8, 4) is 0 Å². The van der Waals surface area contributed by atoms with Crippen LogP contribution in [0.15, 0.2) is 0 Å². The number of hydrogen-bond acceptors (Lipinski definition) is 14. The first-order valence-corrected chi connectivity index (χ1v) is 6.23. The molecular weight excluding hydrogens is 578 g/mol. The Balaban J connectivity index is -0.0000000505. The van der Waals surface area contributed by atoms with Gasteiger partial charge in [0.25, 0.3) is 0 Å². The maximum atomic E-state index is 10.1. The minimum Gasteiger partial charge on any atom is -0.550 e. The first-order chi connectivity index (χ1) is 11.6. The molecule has 0 aliphatic rings. The van der Waals surface area contributed by atoms with E-state index in [1.807, 2.05) is 0 Å². The zero-order valence-electron chi connectivity index (χ0n) is 16.7. The molecule has 0 saturated carbocycles. The summed E-state index contributed by atoms with van der Waals surface area (Å²) in [7, 11) is 0. The monoisotopic (exact) mass is 600 g/mol. The van der Waals surface area contributed by atoms with Crippen LogP contribution in [0.25, 0.3) is 0 Å². The van der Waals surface area contributed by atoms with Crippen molar-refractivity contribution in [2.45, 2.75) is 36.9 Å². The van der Waals surface area contributed by atoms with Gasteiger partial charge in [-0.25, -0.2) is 0 Å². The molecule has 0 bridgehead atoms. The van der Waals surface area contributed by atoms with Crippen LogP contribution in [0.2, 0.25) is 0 Å². The van der Waals surface area contributed by atoms with Crippen LogP contribution in [0.1, 0.15) is 25.7 Å². The third kappa shape index (κ3) is 22.9. The average molecular weight is 600 g/mol. The van der Waals surface area contributed by atoms with Gasteiger partial charge in [-0.2, -0.15) is 0 Å². The first kappa shape index (κ1) is 52.2. The van der Waals surface area contributed by atoms with Gasteiger partial charge in [0.2, 0.25) is 0 Å². The second-order valence-corrected chi connectivity index (χ2v) is 4.83. The van der Waals surface area contributed by atoms with Gasteiger partial charge < -0.3 is 88.1 Å². The van der Waals surface area contributed by atoms with Gasteiger partial charge in [-0.05, 0) is 0 Å². The molecule has 0 aromatic carbocycles. The van der Waals surface area contributed by atoms with E-state index in [-0.39, 0.29) is 69.7 Å². The van der Waals surface area contributed by atoms with Gasteiger partial charge in [-0.1, -0.05) is 0 Å². The van der Waals surface area contributed by atoms with Crippen molar-refractivity contribution in [2.75, 3.05) is 0 Å². The molecule has 0 fully saturated rings. The Morgan fingerprint density at radius 3 is 0.656 bits per heavy atom. The fraction of sp³-hybridized carbons (Fsp3) is 0.500. The van der Waals surface area contributed by atoms with Crippen molar-refractivity contribution in [3.63, 3.8) is 0 Å². The summed E-state index contributed by atoms with van der Waals surface area (Å²) in [6.07, 6.45) is -5.43. The van der Waals surface area contributed by atoms with Gasteiger partial charge in [0.05, 0.1) is 11.9 Å². The molecule has 14 N–H and O–H groups in total. The van der Waals surface area contributed by atoms with Gasteiger partial charge in [0.15, 0.2) is 0 Å². The van der Waals surface area contributed by atoms with E-state index in [1.165, 1.54) is 0 Å². The maximum Gasteiger partial charge on any atom is 0.114 e. The van der Waals surface area contributed by atoms with Crippen LogP contribution >= 0.6 is 0 Å². The predicted molar refractivity (Wildman–Crippen MR) is 76.4 cm³/mol. The Bertz CT molecular complexity index is 535. The molecule has 0 aromatic heterocycles. The smallest absolute Gasteiger partial charge is 0.114 e. The molecule has 0 saturated heterocycles. The Morgan fingerprint density at radius 1 is 0.469 bits per heavy atom. The molecule has 0 heterocycles. The van der Waals surface area contributed by atoms with Crippen molar-refractivity contribution in [3.05, 3.63) is 0 Å². The summed E-state index contributed by atoms with van der Waals surface area (Å²) in [6.45, 7) is 0. The molecule has 196 valence electrons. The number of hydrogen-bond donors (Lipinski definition) is 5. The molecule has 0 spiro atoms. The molecule has 0 rings (SSSR count). The molecule has 0 radical (unpaired) electrons. The Labute approximate surface area is 211 Å². The zero-order chi connectivity index (χ0) is 21.3. The maximum absolute atomic E-state index is 10.1. The third-order valence-corrected chi connectivity index (χ3v) is 2.51. The van der Waals surface area contributed by atoms with E-state index in [0.717, 1.165) is 0 Å². The molecular formula is C12H22Fe3N3O14-3. The minimum absolute atomic E-state index is 0. The number of carbonyl (C=O) groups is 6. The molecule has 20 heteroatoms. The molecule has 0 amide bonds. The summed E-state index contributed by atoms with van der Waals surface area (Å²) in [6, 6.07) is 0. The van der Waals surface area contributed by atoms with Gasteiger partial charge in [0, 0.05) is 101 Å². The van der Waals surface area contributed by atoms with E-state index < -0.39 is 72.7 Å². The topological polar surface area (TPSA) is 391 Å². The van der Waals surface area contributed by atoms with Gasteiger partial charge >= 0.3 is 0 Å². The summed E-state index contributed by atoms with van der Waals surface area (Å²) in [5.74, 6) is -12.0. The normalized spacial score (nSPS) is 8.81. The standard InChI is InChI=1S/2C6H8O7.3Fe.3H3N/c2*7-3(8)1-6(13,5(11)12)2-4(9)10;;;;;;/h2*13H,1-2H2,(H,7,8)(H,9,10)(H,11,12);;;;3*1H3/p-3. The summed E-state index contributed by atoms with van der Waals surface area (Å²) in [4.78, 5) is 60.0. The number of aliphatic hydroxyl groups is 2. The Morgan fingerprint density at radius 2 is 0.594 bits per heavy atom. The van der Waals surface area contributed by atoms with E-state index in [0.29, 0.717) is 0 Å². The van der Waals surface area contributed by atoms with Crippen molar-refractivity contribution < 1.29 is 121 Å². The van der Waals surface area contributed by atoms with Crippen LogP contribution < -0.4 is 49.1 Å². The van der Waals surface area contributed by atoms with Crippen LogP contribution in [0, 0.1) is 0 Å². The molecule has 0 atom stereocenters. The number of quaternary nitrogens is 3. The SMILES string of the molecule is O=C([O-])CC(O)(CC(=O)[O-])C(=O)[O-].O=C([O-])CC(O)(CC(=O)[O-])C(=O)[O-].[Fe].[Fe].[Fe].[NH4+].[NH4+].[NH4+]. The quantitative estimate of drug-likeness (QED) is 0.145. The Kier molecular flexibility index (Phi) is 36.5. The number of carbonyl (C=O) groups excluding carboxylic acids is 6. The van der Waals surface area contributed by atoms with Gasteiger partial charge in [-0.15, -0.1) is 0 Å². The summed E-state index contributed by atoms with van der Waals surface area (Å²) >= 11 is 0. The van der Waals surface area contributed by atoms with Gasteiger partial charge in [0.1, 0.15) is 11.2 Å². The van der Waals surface area contributed by atoms with Crippen LogP contribution in [0.5, 0.6) is 0 Å². The number of aliphatic carboxylic acids is 6. The van der Waals surface area contributed by atoms with Crippen LogP contribution in [0.3, 0.4) is 0 Å². The van der Waals surface area contributed by atoms with Crippen LogP contribution in [-0.4, -0.2) is 57.2 Å². The van der Waals surface area contributed by atoms with Crippen molar-refractivity contribution >= 4 is 35.8 Å². The molecule has 0 unspecified atom stereocenters. The van der Waals surface area contributed by atoms with E-state index in [4.69, 9.17) is 10.2 Å². The molecule has 32 heavy (non-hydrogen) atoms. The molecule has 0 aliphatic carbocycles. The van der Waals surface area contributed by atoms with Crippen LogP contribution in [0.4, 0.5) is 0 Å². The van der Waals surface area contributed by atoms with Crippen molar-refractivity contribution in [1.29, 1.82) is 0 Å². The molecule has 17 nitrogen and oxygen atoms in total. The summed E-state index contributed by atoms with van der Waals surface area (Å²) < 4.78 is 0. The zero-order valence-corrected chi connectivity index (χ0v) is 20.0. The van der Waals surface area contributed by atoms with E-state index in [2.05, 4.69) is 0 Å². The fourth-order valence-electron chi connectivity index (χ4n) is 1.37. The molecule has 0 aromatic rings. The van der Waals surface area contributed by atoms with Crippen LogP contribution in [-0.2, 0) is 80.0 Å². The summed E-state index contributed by atoms with van der Waals surface area (Å²) in [5.41, 5.74) is -5.95. The predicted octanol–water partition coefficient (Wildman–Crippen LogP) is -9.38. The third-order valence-electron chi connectivity index (χ3n) is 2.51. The average Bonchev–Trinajstić information content (AvgIpc) is 2.34. The first-order valence-electron chi connectivity index (χ1n) is 6.23. The number of carboxylic acid groups (broad SMARTS) is 6. The number of carboxylic acids is 6. The Hall–Kier alpha value is -1.82. The van der Waals surface area contributed by atoms with E-state index in [9.17, 15) is 59.4 Å². The van der Waals surface area contributed by atoms with E-state index >= 15 is 0 Å². The summed E-state index contributed by atoms with van der Waals surface area (Å²) in [5, 5.41) is 77.9. The van der Waals surface area contributed by atoms with Crippen molar-refractivity contribution in [2.24, 2.45) is 0 Å². The fourth-order valence-corrected chi connectivity index (χ4v) is 1.37. The number of rotatable bonds is 10. The minimum atomic E-state index is -2.97. The van der Waals surface area contributed by atoms with Crippen molar-refractivity contribution in [1.82, 2.24) is 18.5 Å². The largest absolute Gasteiger partial charge is 0.550 e. The van der Waals surface area contributed by atoms with E-state index in [1.54, 1.807) is 0 Å². The second kappa shape index (κ2) is 22.4.